The van der Waals surface area contributed by atoms with Crippen LogP contribution in [0.3, 0.4) is 0 Å². The van der Waals surface area contributed by atoms with Crippen molar-refractivity contribution in [2.75, 3.05) is 6.54 Å². The standard InChI is InChI=1S/C28H31N7O4/c1-17(2)25(35-15-21(14-29)32-33-35)28(39)34-16-22(36)13-24(34)27(38)31-23(26(30)37)12-18-8-10-20(11-9-18)19-6-4-3-5-7-19/h3-11,15,17,22-25,36H,12-13,16H2,1-2H3,(H2,30,37)(H,31,38)/t22-,23?,24+,25?/m1/s1. The van der Waals surface area contributed by atoms with Crippen LogP contribution in [0.1, 0.15) is 37.6 Å². The Morgan fingerprint density at radius 3 is 2.38 bits per heavy atom. The van der Waals surface area contributed by atoms with Crippen LogP contribution in [-0.4, -0.2) is 67.5 Å². The summed E-state index contributed by atoms with van der Waals surface area (Å²) < 4.78 is 1.30. The number of nitrogens with one attached hydrogen (secondary N) is 1. The molecule has 1 fully saturated rings. The minimum atomic E-state index is -1.01. The van der Waals surface area contributed by atoms with Crippen molar-refractivity contribution in [3.05, 3.63) is 72.1 Å². The number of aromatic nitrogens is 3. The molecule has 0 spiro atoms. The summed E-state index contributed by atoms with van der Waals surface area (Å²) in [5, 5.41) is 29.8. The molecule has 3 aromatic rings. The van der Waals surface area contributed by atoms with Crippen LogP contribution in [0.15, 0.2) is 60.8 Å². The van der Waals surface area contributed by atoms with E-state index in [2.05, 4.69) is 15.6 Å². The van der Waals surface area contributed by atoms with E-state index in [-0.39, 0.29) is 31.0 Å². The molecular weight excluding hydrogens is 498 g/mol. The number of aliphatic hydroxyl groups is 1. The third-order valence-corrected chi connectivity index (χ3v) is 6.82. The van der Waals surface area contributed by atoms with E-state index < -0.39 is 42.0 Å². The Morgan fingerprint density at radius 2 is 1.79 bits per heavy atom. The number of aliphatic hydroxyl groups excluding tert-OH is 1. The van der Waals surface area contributed by atoms with Crippen LogP contribution in [0.4, 0.5) is 0 Å². The molecule has 1 aliphatic rings. The van der Waals surface area contributed by atoms with Crippen LogP contribution in [0.2, 0.25) is 0 Å². The summed E-state index contributed by atoms with van der Waals surface area (Å²) in [6.07, 6.45) is 0.640. The predicted octanol–water partition coefficient (Wildman–Crippen LogP) is 1.19. The monoisotopic (exact) mass is 529 g/mol. The lowest BCUT2D eigenvalue weighted by Gasteiger charge is -2.30. The molecule has 11 nitrogen and oxygen atoms in total. The van der Waals surface area contributed by atoms with E-state index in [4.69, 9.17) is 11.0 Å². The number of benzene rings is 2. The molecule has 0 bridgehead atoms. The number of nitrogens with two attached hydrogens (primary N) is 1. The summed E-state index contributed by atoms with van der Waals surface area (Å²) in [4.78, 5) is 40.5. The number of carbonyl (C=O) groups excluding carboxylic acids is 3. The lowest BCUT2D eigenvalue weighted by molar-refractivity contribution is -0.143. The van der Waals surface area contributed by atoms with E-state index in [1.54, 1.807) is 0 Å². The van der Waals surface area contributed by atoms with Crippen molar-refractivity contribution in [1.82, 2.24) is 25.2 Å². The second kappa shape index (κ2) is 11.9. The maximum Gasteiger partial charge on any atom is 0.248 e. The lowest BCUT2D eigenvalue weighted by Crippen LogP contribution is -2.54. The molecular formula is C28H31N7O4. The first-order valence-electron chi connectivity index (χ1n) is 12.7. The van der Waals surface area contributed by atoms with Gasteiger partial charge in [0.15, 0.2) is 5.69 Å². The normalized spacial score (nSPS) is 18.4. The number of amides is 3. The quantitative estimate of drug-likeness (QED) is 0.374. The third kappa shape index (κ3) is 6.30. The van der Waals surface area contributed by atoms with E-state index in [1.165, 1.54) is 15.8 Å². The third-order valence-electron chi connectivity index (χ3n) is 6.82. The van der Waals surface area contributed by atoms with Crippen molar-refractivity contribution in [3.8, 4) is 17.2 Å². The zero-order valence-corrected chi connectivity index (χ0v) is 21.8. The van der Waals surface area contributed by atoms with Gasteiger partial charge in [0, 0.05) is 19.4 Å². The number of carbonyl (C=O) groups is 3. The van der Waals surface area contributed by atoms with E-state index >= 15 is 0 Å². The van der Waals surface area contributed by atoms with Gasteiger partial charge in [0.25, 0.3) is 0 Å². The first-order valence-corrected chi connectivity index (χ1v) is 12.7. The highest BCUT2D eigenvalue weighted by Crippen LogP contribution is 2.27. The number of hydrogen-bond donors (Lipinski definition) is 3. The van der Waals surface area contributed by atoms with Gasteiger partial charge in [-0.3, -0.25) is 14.4 Å². The Morgan fingerprint density at radius 1 is 1.13 bits per heavy atom. The highest BCUT2D eigenvalue weighted by molar-refractivity contribution is 5.93. The van der Waals surface area contributed by atoms with Crippen LogP contribution in [0.25, 0.3) is 11.1 Å². The molecule has 2 aromatic carbocycles. The van der Waals surface area contributed by atoms with Gasteiger partial charge < -0.3 is 21.1 Å². The van der Waals surface area contributed by atoms with Gasteiger partial charge in [-0.1, -0.05) is 73.7 Å². The molecule has 3 amide bonds. The molecule has 0 aliphatic carbocycles. The molecule has 0 saturated carbocycles. The molecule has 1 aromatic heterocycles. The van der Waals surface area contributed by atoms with Crippen molar-refractivity contribution >= 4 is 17.7 Å². The van der Waals surface area contributed by atoms with E-state index in [9.17, 15) is 19.5 Å². The number of primary amides is 1. The van der Waals surface area contributed by atoms with Crippen molar-refractivity contribution in [3.63, 3.8) is 0 Å². The minimum absolute atomic E-state index is 0.0143. The average Bonchev–Trinajstić information content (AvgIpc) is 3.55. The first-order chi connectivity index (χ1) is 18.7. The number of nitrogens with zero attached hydrogens (tertiary/aromatic N) is 5. The zero-order valence-electron chi connectivity index (χ0n) is 21.8. The molecule has 4 N–H and O–H groups in total. The number of likely N-dealkylation sites (tertiary alicyclic amines) is 1. The summed E-state index contributed by atoms with van der Waals surface area (Å²) in [6.45, 7) is 3.57. The van der Waals surface area contributed by atoms with Gasteiger partial charge in [-0.2, -0.15) is 5.26 Å². The van der Waals surface area contributed by atoms with Crippen LogP contribution < -0.4 is 11.1 Å². The molecule has 39 heavy (non-hydrogen) atoms. The van der Waals surface area contributed by atoms with Crippen molar-refractivity contribution < 1.29 is 19.5 Å². The Balaban J connectivity index is 1.48. The van der Waals surface area contributed by atoms with Gasteiger partial charge in [-0.15, -0.1) is 5.10 Å². The molecule has 1 aliphatic heterocycles. The van der Waals surface area contributed by atoms with Gasteiger partial charge in [0.05, 0.1) is 12.3 Å². The average molecular weight is 530 g/mol. The summed E-state index contributed by atoms with van der Waals surface area (Å²) in [6, 6.07) is 16.5. The number of β-amino-alcohol motifs (C(OH)–C–C–N with tert-alkyl or cyclic N) is 1. The Labute approximate surface area is 226 Å². The number of nitriles is 1. The van der Waals surface area contributed by atoms with E-state index in [1.807, 2.05) is 74.5 Å². The Bertz CT molecular complexity index is 1360. The predicted molar refractivity (Wildman–Crippen MR) is 141 cm³/mol. The molecule has 202 valence electrons. The second-order valence-corrected chi connectivity index (χ2v) is 10.0. The van der Waals surface area contributed by atoms with Crippen molar-refractivity contribution in [1.29, 1.82) is 5.26 Å². The molecule has 2 unspecified atom stereocenters. The molecule has 1 saturated heterocycles. The zero-order chi connectivity index (χ0) is 28.1. The highest BCUT2D eigenvalue weighted by atomic mass is 16.3. The van der Waals surface area contributed by atoms with Crippen LogP contribution in [0, 0.1) is 17.2 Å². The minimum Gasteiger partial charge on any atom is -0.391 e. The highest BCUT2D eigenvalue weighted by Gasteiger charge is 2.43. The molecule has 11 heteroatoms. The smallest absolute Gasteiger partial charge is 0.248 e. The fourth-order valence-corrected chi connectivity index (χ4v) is 4.83. The fraction of sp³-hybridized carbons (Fsp3) is 0.357. The summed E-state index contributed by atoms with van der Waals surface area (Å²) in [7, 11) is 0. The number of rotatable bonds is 9. The van der Waals surface area contributed by atoms with Crippen LogP contribution >= 0.6 is 0 Å². The second-order valence-electron chi connectivity index (χ2n) is 10.0. The van der Waals surface area contributed by atoms with Crippen molar-refractivity contribution in [2.24, 2.45) is 11.7 Å². The largest absolute Gasteiger partial charge is 0.391 e. The maximum atomic E-state index is 13.6. The fourth-order valence-electron chi connectivity index (χ4n) is 4.83. The summed E-state index contributed by atoms with van der Waals surface area (Å²) in [5.74, 6) is -1.98. The van der Waals surface area contributed by atoms with Crippen LogP contribution in [-0.2, 0) is 20.8 Å². The lowest BCUT2D eigenvalue weighted by atomic mass is 10.00. The van der Waals surface area contributed by atoms with E-state index in [0.717, 1.165) is 16.7 Å². The van der Waals surface area contributed by atoms with Gasteiger partial charge in [-0.25, -0.2) is 4.68 Å². The Hall–Kier alpha value is -4.56. The first kappa shape index (κ1) is 27.5. The number of hydrogen-bond acceptors (Lipinski definition) is 7. The Kier molecular flexibility index (Phi) is 8.36. The van der Waals surface area contributed by atoms with Gasteiger partial charge in [0.2, 0.25) is 17.7 Å². The molecule has 2 heterocycles. The van der Waals surface area contributed by atoms with Gasteiger partial charge >= 0.3 is 0 Å². The summed E-state index contributed by atoms with van der Waals surface area (Å²) >= 11 is 0. The van der Waals surface area contributed by atoms with Gasteiger partial charge in [0.1, 0.15) is 24.2 Å². The van der Waals surface area contributed by atoms with Crippen molar-refractivity contribution in [2.45, 2.75) is 50.9 Å². The van der Waals surface area contributed by atoms with Crippen LogP contribution in [0.5, 0.6) is 0 Å². The molecule has 4 atom stereocenters. The SMILES string of the molecule is CC(C)C(C(=O)N1C[C@H](O)C[C@H]1C(=O)NC(Cc1ccc(-c2ccccc2)cc1)C(N)=O)n1cc(C#N)nn1. The van der Waals surface area contributed by atoms with E-state index in [0.29, 0.717) is 0 Å². The molecule has 0 radical (unpaired) electrons. The topological polar surface area (TPSA) is 167 Å². The molecule has 4 rings (SSSR count). The van der Waals surface area contributed by atoms with Gasteiger partial charge in [-0.05, 0) is 22.6 Å². The summed E-state index contributed by atoms with van der Waals surface area (Å²) in [5.41, 5.74) is 8.56. The maximum absolute atomic E-state index is 13.6.